The van der Waals surface area contributed by atoms with Gasteiger partial charge in [-0.05, 0) is 30.7 Å². The summed E-state index contributed by atoms with van der Waals surface area (Å²) < 4.78 is 13.1. The Bertz CT molecular complexity index is 497. The summed E-state index contributed by atoms with van der Waals surface area (Å²) in [5.41, 5.74) is 8.10. The lowest BCUT2D eigenvalue weighted by Crippen LogP contribution is -2.08. The maximum atomic E-state index is 13.1. The van der Waals surface area contributed by atoms with Gasteiger partial charge in [-0.25, -0.2) is 4.39 Å². The van der Waals surface area contributed by atoms with E-state index in [1.807, 2.05) is 37.3 Å². The molecule has 0 spiro atoms. The zero-order chi connectivity index (χ0) is 12.3. The zero-order valence-corrected chi connectivity index (χ0v) is 9.65. The van der Waals surface area contributed by atoms with Crippen LogP contribution in [0.1, 0.15) is 18.5 Å². The Morgan fingerprint density at radius 1 is 1.12 bits per heavy atom. The van der Waals surface area contributed by atoms with Crippen molar-refractivity contribution < 1.29 is 4.39 Å². The van der Waals surface area contributed by atoms with Gasteiger partial charge in [-0.1, -0.05) is 30.3 Å². The predicted octanol–water partition coefficient (Wildman–Crippen LogP) is 3.58. The molecule has 0 bridgehead atoms. The van der Waals surface area contributed by atoms with Crippen LogP contribution >= 0.6 is 0 Å². The largest absolute Gasteiger partial charge is 0.397 e. The molecule has 2 rings (SSSR count). The van der Waals surface area contributed by atoms with E-state index in [-0.39, 0.29) is 11.9 Å². The number of halogens is 1. The van der Waals surface area contributed by atoms with Crippen molar-refractivity contribution >= 4 is 11.4 Å². The molecule has 0 aliphatic rings. The van der Waals surface area contributed by atoms with Crippen LogP contribution in [0.25, 0.3) is 0 Å². The molecule has 0 fully saturated rings. The predicted molar refractivity (Wildman–Crippen MR) is 69.3 cm³/mol. The lowest BCUT2D eigenvalue weighted by Gasteiger charge is -2.17. The van der Waals surface area contributed by atoms with E-state index in [4.69, 9.17) is 5.73 Å². The van der Waals surface area contributed by atoms with Crippen molar-refractivity contribution in [2.24, 2.45) is 0 Å². The van der Waals surface area contributed by atoms with Crippen LogP contribution in [0.3, 0.4) is 0 Å². The van der Waals surface area contributed by atoms with E-state index in [9.17, 15) is 4.39 Å². The summed E-state index contributed by atoms with van der Waals surface area (Å²) in [5.74, 6) is -0.290. The lowest BCUT2D eigenvalue weighted by molar-refractivity contribution is 0.628. The van der Waals surface area contributed by atoms with Crippen molar-refractivity contribution in [3.63, 3.8) is 0 Å². The summed E-state index contributed by atoms with van der Waals surface area (Å²) in [6.45, 7) is 2.01. The Labute approximate surface area is 100 Å². The van der Waals surface area contributed by atoms with Gasteiger partial charge in [-0.15, -0.1) is 0 Å². The van der Waals surface area contributed by atoms with Gasteiger partial charge in [0.1, 0.15) is 5.82 Å². The Morgan fingerprint density at radius 3 is 2.53 bits per heavy atom. The molecule has 1 unspecified atom stereocenters. The smallest absolute Gasteiger partial charge is 0.125 e. The first-order valence-electron chi connectivity index (χ1n) is 5.53. The molecule has 0 amide bonds. The van der Waals surface area contributed by atoms with Crippen LogP contribution < -0.4 is 11.1 Å². The second-order valence-corrected chi connectivity index (χ2v) is 4.01. The summed E-state index contributed by atoms with van der Waals surface area (Å²) >= 11 is 0. The maximum absolute atomic E-state index is 13.1. The summed E-state index contributed by atoms with van der Waals surface area (Å²) in [7, 11) is 0. The minimum absolute atomic E-state index is 0.0836. The molecule has 17 heavy (non-hydrogen) atoms. The fourth-order valence-electron chi connectivity index (χ4n) is 1.71. The van der Waals surface area contributed by atoms with Gasteiger partial charge >= 0.3 is 0 Å². The fraction of sp³-hybridized carbons (Fsp3) is 0.143. The first-order chi connectivity index (χ1) is 8.16. The topological polar surface area (TPSA) is 38.0 Å². The van der Waals surface area contributed by atoms with Gasteiger partial charge in [0.25, 0.3) is 0 Å². The standard InChI is InChI=1S/C14H15FN2/c1-10(11-5-3-2-4-6-11)17-14-9-12(15)7-8-13(14)16/h2-10,17H,16H2,1H3. The molecular weight excluding hydrogens is 215 g/mol. The Kier molecular flexibility index (Phi) is 3.28. The first-order valence-corrected chi connectivity index (χ1v) is 5.53. The average Bonchev–Trinajstić information content (AvgIpc) is 2.35. The Morgan fingerprint density at radius 2 is 1.82 bits per heavy atom. The van der Waals surface area contributed by atoms with Crippen molar-refractivity contribution in [1.82, 2.24) is 0 Å². The highest BCUT2D eigenvalue weighted by atomic mass is 19.1. The third kappa shape index (κ3) is 2.75. The summed E-state index contributed by atoms with van der Waals surface area (Å²) in [4.78, 5) is 0. The second kappa shape index (κ2) is 4.87. The molecule has 0 aliphatic heterocycles. The van der Waals surface area contributed by atoms with E-state index in [0.717, 1.165) is 5.56 Å². The molecule has 0 heterocycles. The molecule has 3 heteroatoms. The van der Waals surface area contributed by atoms with Gasteiger partial charge in [0, 0.05) is 6.04 Å². The zero-order valence-electron chi connectivity index (χ0n) is 9.65. The van der Waals surface area contributed by atoms with E-state index in [1.54, 1.807) is 6.07 Å². The summed E-state index contributed by atoms with van der Waals surface area (Å²) in [6.07, 6.45) is 0. The molecule has 0 aliphatic carbocycles. The third-order valence-electron chi connectivity index (χ3n) is 2.69. The second-order valence-electron chi connectivity index (χ2n) is 4.01. The van der Waals surface area contributed by atoms with Crippen molar-refractivity contribution in [2.75, 3.05) is 11.1 Å². The van der Waals surface area contributed by atoms with Gasteiger partial charge in [-0.2, -0.15) is 0 Å². The molecule has 0 radical (unpaired) electrons. The molecule has 88 valence electrons. The third-order valence-corrected chi connectivity index (χ3v) is 2.69. The van der Waals surface area contributed by atoms with Crippen molar-refractivity contribution in [3.05, 3.63) is 59.9 Å². The number of anilines is 2. The van der Waals surface area contributed by atoms with E-state index < -0.39 is 0 Å². The first kappa shape index (κ1) is 11.5. The number of nitrogen functional groups attached to an aromatic ring is 1. The summed E-state index contributed by atoms with van der Waals surface area (Å²) in [6, 6.07) is 14.4. The quantitative estimate of drug-likeness (QED) is 0.791. The van der Waals surface area contributed by atoms with Gasteiger partial charge in [0.05, 0.1) is 11.4 Å². The van der Waals surface area contributed by atoms with E-state index in [0.29, 0.717) is 11.4 Å². The van der Waals surface area contributed by atoms with Crippen LogP contribution in [0.15, 0.2) is 48.5 Å². The molecule has 0 saturated heterocycles. The molecule has 2 aromatic rings. The Balaban J connectivity index is 2.18. The van der Waals surface area contributed by atoms with Gasteiger partial charge in [0.15, 0.2) is 0 Å². The van der Waals surface area contributed by atoms with Crippen LogP contribution in [-0.2, 0) is 0 Å². The van der Waals surface area contributed by atoms with Gasteiger partial charge in [0.2, 0.25) is 0 Å². The van der Waals surface area contributed by atoms with Crippen LogP contribution in [0, 0.1) is 5.82 Å². The number of hydrogen-bond donors (Lipinski definition) is 2. The van der Waals surface area contributed by atoms with Crippen LogP contribution in [-0.4, -0.2) is 0 Å². The molecule has 0 saturated carbocycles. The van der Waals surface area contributed by atoms with E-state index in [2.05, 4.69) is 5.32 Å². The number of benzene rings is 2. The van der Waals surface area contributed by atoms with E-state index >= 15 is 0 Å². The van der Waals surface area contributed by atoms with Crippen molar-refractivity contribution in [2.45, 2.75) is 13.0 Å². The SMILES string of the molecule is CC(Nc1cc(F)ccc1N)c1ccccc1. The number of nitrogens with one attached hydrogen (secondary N) is 1. The Hall–Kier alpha value is -2.03. The molecule has 3 N–H and O–H groups in total. The number of nitrogens with two attached hydrogens (primary N) is 1. The molecular formula is C14H15FN2. The van der Waals surface area contributed by atoms with Crippen molar-refractivity contribution in [1.29, 1.82) is 0 Å². The van der Waals surface area contributed by atoms with Gasteiger partial charge < -0.3 is 11.1 Å². The minimum Gasteiger partial charge on any atom is -0.397 e. The molecule has 2 aromatic carbocycles. The van der Waals surface area contributed by atoms with Crippen molar-refractivity contribution in [3.8, 4) is 0 Å². The monoisotopic (exact) mass is 230 g/mol. The summed E-state index contributed by atoms with van der Waals surface area (Å²) in [5, 5.41) is 3.20. The molecule has 1 atom stereocenters. The highest BCUT2D eigenvalue weighted by molar-refractivity contribution is 5.66. The minimum atomic E-state index is -0.290. The average molecular weight is 230 g/mol. The number of rotatable bonds is 3. The number of hydrogen-bond acceptors (Lipinski definition) is 2. The molecule has 2 nitrogen and oxygen atoms in total. The van der Waals surface area contributed by atoms with Crippen LogP contribution in [0.2, 0.25) is 0 Å². The highest BCUT2D eigenvalue weighted by Gasteiger charge is 2.07. The van der Waals surface area contributed by atoms with Gasteiger partial charge in [-0.3, -0.25) is 0 Å². The highest BCUT2D eigenvalue weighted by Crippen LogP contribution is 2.24. The maximum Gasteiger partial charge on any atom is 0.125 e. The fourth-order valence-corrected chi connectivity index (χ4v) is 1.71. The lowest BCUT2D eigenvalue weighted by atomic mass is 10.1. The van der Waals surface area contributed by atoms with Crippen LogP contribution in [0.5, 0.6) is 0 Å². The van der Waals surface area contributed by atoms with Crippen LogP contribution in [0.4, 0.5) is 15.8 Å². The normalized spacial score (nSPS) is 12.1. The van der Waals surface area contributed by atoms with E-state index in [1.165, 1.54) is 12.1 Å². The molecule has 0 aromatic heterocycles.